The van der Waals surface area contributed by atoms with E-state index in [0.717, 1.165) is 23.5 Å². The van der Waals surface area contributed by atoms with Gasteiger partial charge in [0.05, 0.1) is 29.0 Å². The highest BCUT2D eigenvalue weighted by Gasteiger charge is 2.33. The quantitative estimate of drug-likeness (QED) is 0.581. The number of hydrazine groups is 1. The van der Waals surface area contributed by atoms with Crippen LogP contribution in [0, 0.1) is 11.8 Å². The van der Waals surface area contributed by atoms with Crippen molar-refractivity contribution in [2.24, 2.45) is 17.7 Å². The van der Waals surface area contributed by atoms with E-state index in [1.54, 1.807) is 0 Å². The number of nitrogens with zero attached hydrogens (tertiary/aromatic N) is 3. The number of hydrogen-bond acceptors (Lipinski definition) is 4. The van der Waals surface area contributed by atoms with Crippen LogP contribution in [0.4, 0.5) is 0 Å². The van der Waals surface area contributed by atoms with E-state index >= 15 is 0 Å². The molecule has 0 aliphatic heterocycles. The summed E-state index contributed by atoms with van der Waals surface area (Å²) in [6.45, 7) is 4.14. The van der Waals surface area contributed by atoms with Gasteiger partial charge in [0.15, 0.2) is 0 Å². The lowest BCUT2D eigenvalue weighted by Crippen LogP contribution is -2.35. The molecule has 1 aliphatic carbocycles. The average molecular weight is 358 g/mol. The van der Waals surface area contributed by atoms with Crippen molar-refractivity contribution >= 4 is 15.9 Å². The molecule has 0 amide bonds. The van der Waals surface area contributed by atoms with Crippen LogP contribution in [0.1, 0.15) is 44.3 Å². The number of likely N-dealkylation sites (N-methyl/N-ethyl adjacent to an activating group) is 1. The van der Waals surface area contributed by atoms with Crippen molar-refractivity contribution in [1.82, 2.24) is 20.1 Å². The molecule has 120 valence electrons. The van der Waals surface area contributed by atoms with Crippen molar-refractivity contribution in [2.45, 2.75) is 45.2 Å². The van der Waals surface area contributed by atoms with Crippen molar-refractivity contribution in [1.29, 1.82) is 0 Å². The van der Waals surface area contributed by atoms with Crippen LogP contribution in [-0.4, -0.2) is 35.3 Å². The van der Waals surface area contributed by atoms with Crippen LogP contribution in [-0.2, 0) is 6.54 Å². The van der Waals surface area contributed by atoms with Crippen LogP contribution in [0.3, 0.4) is 0 Å². The maximum absolute atomic E-state index is 5.90. The van der Waals surface area contributed by atoms with E-state index in [-0.39, 0.29) is 6.04 Å². The largest absolute Gasteiger partial charge is 0.308 e. The van der Waals surface area contributed by atoms with Gasteiger partial charge in [-0.25, -0.2) is 0 Å². The summed E-state index contributed by atoms with van der Waals surface area (Å²) in [5.74, 6) is 7.35. The van der Waals surface area contributed by atoms with Gasteiger partial charge in [-0.1, -0.05) is 19.8 Å². The van der Waals surface area contributed by atoms with Gasteiger partial charge in [-0.2, -0.15) is 5.10 Å². The summed E-state index contributed by atoms with van der Waals surface area (Å²) < 4.78 is 3.15. The molecule has 1 heterocycles. The van der Waals surface area contributed by atoms with Crippen molar-refractivity contribution in [3.05, 3.63) is 16.4 Å². The minimum absolute atomic E-state index is 0.181. The molecule has 1 aromatic heterocycles. The second kappa shape index (κ2) is 7.72. The molecule has 2 rings (SSSR count). The van der Waals surface area contributed by atoms with Gasteiger partial charge >= 0.3 is 0 Å². The topological polar surface area (TPSA) is 59.1 Å². The number of nitrogens with one attached hydrogen (secondary N) is 1. The third kappa shape index (κ3) is 4.06. The number of halogens is 1. The van der Waals surface area contributed by atoms with E-state index in [4.69, 9.17) is 5.84 Å². The molecule has 1 fully saturated rings. The van der Waals surface area contributed by atoms with E-state index in [1.165, 1.54) is 31.4 Å². The molecule has 0 bridgehead atoms. The molecule has 21 heavy (non-hydrogen) atoms. The number of rotatable bonds is 7. The third-order valence-corrected chi connectivity index (χ3v) is 5.31. The fourth-order valence-corrected chi connectivity index (χ4v) is 3.92. The number of hydrogen-bond donors (Lipinski definition) is 2. The molecule has 0 aromatic carbocycles. The van der Waals surface area contributed by atoms with E-state index in [2.05, 4.69) is 57.1 Å². The van der Waals surface area contributed by atoms with Gasteiger partial charge in [-0.15, -0.1) is 0 Å². The first-order valence-corrected chi connectivity index (χ1v) is 8.68. The predicted molar refractivity (Wildman–Crippen MR) is 89.7 cm³/mol. The van der Waals surface area contributed by atoms with Crippen LogP contribution in [0.5, 0.6) is 0 Å². The minimum atomic E-state index is 0.181. The van der Waals surface area contributed by atoms with Gasteiger partial charge < -0.3 is 4.90 Å². The Morgan fingerprint density at radius 1 is 1.52 bits per heavy atom. The second-order valence-electron chi connectivity index (χ2n) is 6.40. The summed E-state index contributed by atoms with van der Waals surface area (Å²) in [5.41, 5.74) is 4.25. The lowest BCUT2D eigenvalue weighted by Gasteiger charge is -2.25. The molecule has 5 nitrogen and oxygen atoms in total. The Balaban J connectivity index is 2.15. The molecule has 1 aromatic rings. The van der Waals surface area contributed by atoms with Crippen molar-refractivity contribution in [3.63, 3.8) is 0 Å². The molecule has 3 N–H and O–H groups in total. The highest BCUT2D eigenvalue weighted by atomic mass is 79.9. The molecular weight excluding hydrogens is 330 g/mol. The monoisotopic (exact) mass is 357 g/mol. The zero-order chi connectivity index (χ0) is 15.4. The fourth-order valence-electron chi connectivity index (χ4n) is 3.38. The molecule has 1 aliphatic rings. The van der Waals surface area contributed by atoms with E-state index in [0.29, 0.717) is 5.92 Å². The molecular formula is C15H28BrN5. The zero-order valence-electron chi connectivity index (χ0n) is 13.3. The van der Waals surface area contributed by atoms with Gasteiger partial charge in [0.25, 0.3) is 0 Å². The van der Waals surface area contributed by atoms with Gasteiger partial charge in [0, 0.05) is 6.54 Å². The van der Waals surface area contributed by atoms with E-state index in [1.807, 2.05) is 6.20 Å². The van der Waals surface area contributed by atoms with Gasteiger partial charge in [0.1, 0.15) is 0 Å². The maximum Gasteiger partial charge on any atom is 0.0712 e. The van der Waals surface area contributed by atoms with Crippen LogP contribution in [0.25, 0.3) is 0 Å². The summed E-state index contributed by atoms with van der Waals surface area (Å²) in [6, 6.07) is 0.181. The number of nitrogens with two attached hydrogens (primary N) is 1. The fraction of sp³-hybridized carbons (Fsp3) is 0.800. The van der Waals surface area contributed by atoms with Gasteiger partial charge in [0.2, 0.25) is 0 Å². The molecule has 6 heteroatoms. The molecule has 1 saturated carbocycles. The summed E-state index contributed by atoms with van der Waals surface area (Å²) in [6.07, 6.45) is 6.99. The lowest BCUT2D eigenvalue weighted by molar-refractivity contribution is 0.321. The maximum atomic E-state index is 5.90. The van der Waals surface area contributed by atoms with E-state index in [9.17, 15) is 0 Å². The molecule has 3 unspecified atom stereocenters. The third-order valence-electron chi connectivity index (χ3n) is 4.70. The Morgan fingerprint density at radius 2 is 2.29 bits per heavy atom. The Morgan fingerprint density at radius 3 is 2.86 bits per heavy atom. The van der Waals surface area contributed by atoms with Gasteiger partial charge in [-0.3, -0.25) is 16.0 Å². The molecule has 0 radical (unpaired) electrons. The minimum Gasteiger partial charge on any atom is -0.308 e. The van der Waals surface area contributed by atoms with Crippen LogP contribution >= 0.6 is 15.9 Å². The van der Waals surface area contributed by atoms with Crippen molar-refractivity contribution < 1.29 is 0 Å². The predicted octanol–water partition coefficient (Wildman–Crippen LogP) is 2.54. The van der Waals surface area contributed by atoms with Crippen LogP contribution in [0.15, 0.2) is 10.7 Å². The van der Waals surface area contributed by atoms with Crippen LogP contribution in [0.2, 0.25) is 0 Å². The highest BCUT2D eigenvalue weighted by molar-refractivity contribution is 9.10. The standard InChI is InChI=1S/C15H28BrN5/c1-4-11-5-6-12(9-11)14(19-17)15-13(16)10-18-21(15)8-7-20(2)3/h10-12,14,19H,4-9,17H2,1-3H3. The normalized spacial score (nSPS) is 23.9. The Hall–Kier alpha value is -0.430. The first kappa shape index (κ1) is 16.9. The van der Waals surface area contributed by atoms with Crippen LogP contribution < -0.4 is 11.3 Å². The first-order valence-electron chi connectivity index (χ1n) is 7.88. The SMILES string of the molecule is CCC1CCC(C(NN)c2c(Br)cnn2CCN(C)C)C1. The molecule has 3 atom stereocenters. The average Bonchev–Trinajstić information content (AvgIpc) is 3.06. The van der Waals surface area contributed by atoms with Crippen molar-refractivity contribution in [3.8, 4) is 0 Å². The van der Waals surface area contributed by atoms with Crippen molar-refractivity contribution in [2.75, 3.05) is 20.6 Å². The highest BCUT2D eigenvalue weighted by Crippen LogP contribution is 2.41. The Bertz CT molecular complexity index is 445. The zero-order valence-corrected chi connectivity index (χ0v) is 14.9. The summed E-state index contributed by atoms with van der Waals surface area (Å²) >= 11 is 3.65. The first-order chi connectivity index (χ1) is 10.1. The molecule has 0 spiro atoms. The summed E-state index contributed by atoms with van der Waals surface area (Å²) in [5, 5.41) is 4.51. The Labute approximate surface area is 136 Å². The second-order valence-corrected chi connectivity index (χ2v) is 7.25. The lowest BCUT2D eigenvalue weighted by atomic mass is 9.94. The van der Waals surface area contributed by atoms with Gasteiger partial charge in [-0.05, 0) is 54.7 Å². The van der Waals surface area contributed by atoms with E-state index < -0.39 is 0 Å². The number of aromatic nitrogens is 2. The Kier molecular flexibility index (Phi) is 6.22. The summed E-state index contributed by atoms with van der Waals surface area (Å²) in [7, 11) is 4.17. The molecule has 0 saturated heterocycles. The smallest absolute Gasteiger partial charge is 0.0712 e. The summed E-state index contributed by atoms with van der Waals surface area (Å²) in [4.78, 5) is 2.17.